The quantitative estimate of drug-likeness (QED) is 0.846. The van der Waals surface area contributed by atoms with Gasteiger partial charge in [-0.05, 0) is 31.9 Å². The van der Waals surface area contributed by atoms with E-state index in [-0.39, 0.29) is 12.1 Å². The lowest BCUT2D eigenvalue weighted by Crippen LogP contribution is -2.53. The van der Waals surface area contributed by atoms with E-state index >= 15 is 0 Å². The highest BCUT2D eigenvalue weighted by molar-refractivity contribution is 5.85. The minimum Gasteiger partial charge on any atom is -0.464 e. The Balaban J connectivity index is 2.27. The standard InChI is InChI=1S/C17H25NO3/c1-4-14-12-17(10-11-21-14,16(19)20-5-2)18-15-9-7-6-8-13(15)3/h6-9,14,18H,4-5,10-12H2,1-3H3. The molecular weight excluding hydrogens is 266 g/mol. The summed E-state index contributed by atoms with van der Waals surface area (Å²) in [4.78, 5) is 12.6. The molecule has 116 valence electrons. The SMILES string of the molecule is CCOC(=O)C1(Nc2ccccc2C)CCOC(CC)C1. The van der Waals surface area contributed by atoms with Gasteiger partial charge in [0.05, 0.1) is 12.7 Å². The van der Waals surface area contributed by atoms with E-state index in [2.05, 4.69) is 12.2 Å². The van der Waals surface area contributed by atoms with Crippen LogP contribution in [0.4, 0.5) is 5.69 Å². The van der Waals surface area contributed by atoms with Crippen LogP contribution in [0.1, 0.15) is 38.7 Å². The van der Waals surface area contributed by atoms with Crippen molar-refractivity contribution in [1.29, 1.82) is 0 Å². The first-order valence-electron chi connectivity index (χ1n) is 7.74. The van der Waals surface area contributed by atoms with Gasteiger partial charge in [0.1, 0.15) is 5.54 Å². The zero-order valence-corrected chi connectivity index (χ0v) is 13.1. The Kier molecular flexibility index (Phi) is 5.23. The van der Waals surface area contributed by atoms with Gasteiger partial charge in [-0.1, -0.05) is 25.1 Å². The average Bonchev–Trinajstić information content (AvgIpc) is 2.50. The van der Waals surface area contributed by atoms with Crippen molar-refractivity contribution in [1.82, 2.24) is 0 Å². The van der Waals surface area contributed by atoms with Gasteiger partial charge >= 0.3 is 5.97 Å². The Morgan fingerprint density at radius 3 is 2.86 bits per heavy atom. The largest absolute Gasteiger partial charge is 0.464 e. The van der Waals surface area contributed by atoms with Crippen LogP contribution in [0.3, 0.4) is 0 Å². The maximum Gasteiger partial charge on any atom is 0.331 e. The van der Waals surface area contributed by atoms with Gasteiger partial charge in [-0.15, -0.1) is 0 Å². The van der Waals surface area contributed by atoms with Crippen molar-refractivity contribution in [2.24, 2.45) is 0 Å². The molecule has 0 radical (unpaired) electrons. The van der Waals surface area contributed by atoms with E-state index in [1.165, 1.54) is 0 Å². The lowest BCUT2D eigenvalue weighted by molar-refractivity contribution is -0.154. The highest BCUT2D eigenvalue weighted by atomic mass is 16.5. The van der Waals surface area contributed by atoms with E-state index in [9.17, 15) is 4.79 Å². The number of hydrogen-bond donors (Lipinski definition) is 1. The van der Waals surface area contributed by atoms with Crippen molar-refractivity contribution in [3.63, 3.8) is 0 Å². The van der Waals surface area contributed by atoms with Gasteiger partial charge in [-0.25, -0.2) is 4.79 Å². The van der Waals surface area contributed by atoms with Crippen molar-refractivity contribution in [3.05, 3.63) is 29.8 Å². The molecule has 0 saturated carbocycles. The Morgan fingerprint density at radius 2 is 2.19 bits per heavy atom. The number of ether oxygens (including phenoxy) is 2. The molecule has 1 saturated heterocycles. The highest BCUT2D eigenvalue weighted by Crippen LogP contribution is 2.32. The number of hydrogen-bond acceptors (Lipinski definition) is 4. The van der Waals surface area contributed by atoms with Crippen LogP contribution in [0.25, 0.3) is 0 Å². The molecule has 0 amide bonds. The van der Waals surface area contributed by atoms with Crippen LogP contribution >= 0.6 is 0 Å². The molecule has 1 fully saturated rings. The molecule has 1 heterocycles. The normalized spacial score (nSPS) is 25.4. The summed E-state index contributed by atoms with van der Waals surface area (Å²) in [6, 6.07) is 8.02. The molecule has 0 bridgehead atoms. The topological polar surface area (TPSA) is 47.6 Å². The predicted molar refractivity (Wildman–Crippen MR) is 83.4 cm³/mol. The molecule has 1 aliphatic heterocycles. The molecule has 1 aliphatic rings. The molecule has 1 aromatic carbocycles. The first-order chi connectivity index (χ1) is 10.1. The van der Waals surface area contributed by atoms with Crippen LogP contribution in [0.5, 0.6) is 0 Å². The predicted octanol–water partition coefficient (Wildman–Crippen LogP) is 3.30. The number of carbonyl (C=O) groups is 1. The minimum absolute atomic E-state index is 0.0969. The summed E-state index contributed by atoms with van der Waals surface area (Å²) in [7, 11) is 0. The molecule has 1 N–H and O–H groups in total. The van der Waals surface area contributed by atoms with Crippen molar-refractivity contribution in [2.75, 3.05) is 18.5 Å². The number of anilines is 1. The molecular formula is C17H25NO3. The van der Waals surface area contributed by atoms with Crippen molar-refractivity contribution in [2.45, 2.75) is 51.7 Å². The second-order valence-electron chi connectivity index (χ2n) is 5.60. The molecule has 21 heavy (non-hydrogen) atoms. The van der Waals surface area contributed by atoms with Crippen molar-refractivity contribution < 1.29 is 14.3 Å². The number of rotatable bonds is 5. The molecule has 0 spiro atoms. The van der Waals surface area contributed by atoms with Gasteiger partial charge < -0.3 is 14.8 Å². The molecule has 4 nitrogen and oxygen atoms in total. The van der Waals surface area contributed by atoms with Gasteiger partial charge in [-0.3, -0.25) is 0 Å². The number of esters is 1. The molecule has 4 heteroatoms. The third kappa shape index (κ3) is 3.56. The van der Waals surface area contributed by atoms with Crippen molar-refractivity contribution >= 4 is 11.7 Å². The maximum absolute atomic E-state index is 12.6. The smallest absolute Gasteiger partial charge is 0.331 e. The summed E-state index contributed by atoms with van der Waals surface area (Å²) in [6.07, 6.45) is 2.28. The van der Waals surface area contributed by atoms with Crippen LogP contribution in [-0.4, -0.2) is 30.8 Å². The summed E-state index contributed by atoms with van der Waals surface area (Å²) < 4.78 is 11.1. The Hall–Kier alpha value is -1.55. The summed E-state index contributed by atoms with van der Waals surface area (Å²) in [5.41, 5.74) is 1.43. The van der Waals surface area contributed by atoms with Gasteiger partial charge in [-0.2, -0.15) is 0 Å². The van der Waals surface area contributed by atoms with Crippen LogP contribution in [0, 0.1) is 6.92 Å². The third-order valence-electron chi connectivity index (χ3n) is 4.10. The molecule has 2 rings (SSSR count). The molecule has 2 unspecified atom stereocenters. The Labute approximate surface area is 126 Å². The lowest BCUT2D eigenvalue weighted by Gasteiger charge is -2.40. The number of aryl methyl sites for hydroxylation is 1. The molecule has 2 atom stereocenters. The summed E-state index contributed by atoms with van der Waals surface area (Å²) in [5, 5.41) is 3.46. The van der Waals surface area contributed by atoms with Gasteiger partial charge in [0.15, 0.2) is 0 Å². The van der Waals surface area contributed by atoms with Crippen LogP contribution in [0.15, 0.2) is 24.3 Å². The monoisotopic (exact) mass is 291 g/mol. The van der Waals surface area contributed by atoms with Crippen LogP contribution in [0.2, 0.25) is 0 Å². The number of carbonyl (C=O) groups excluding carboxylic acids is 1. The highest BCUT2D eigenvalue weighted by Gasteiger charge is 2.44. The van der Waals surface area contributed by atoms with Gasteiger partial charge in [0.2, 0.25) is 0 Å². The Bertz CT molecular complexity index is 489. The van der Waals surface area contributed by atoms with Crippen molar-refractivity contribution in [3.8, 4) is 0 Å². The minimum atomic E-state index is -0.680. The van der Waals surface area contributed by atoms with E-state index < -0.39 is 5.54 Å². The third-order valence-corrected chi connectivity index (χ3v) is 4.10. The van der Waals surface area contributed by atoms with Crippen LogP contribution < -0.4 is 5.32 Å². The summed E-state index contributed by atoms with van der Waals surface area (Å²) >= 11 is 0. The van der Waals surface area contributed by atoms with E-state index in [4.69, 9.17) is 9.47 Å². The van der Waals surface area contributed by atoms with Crippen LogP contribution in [-0.2, 0) is 14.3 Å². The maximum atomic E-state index is 12.6. The lowest BCUT2D eigenvalue weighted by atomic mass is 9.85. The second-order valence-corrected chi connectivity index (χ2v) is 5.60. The number of benzene rings is 1. The Morgan fingerprint density at radius 1 is 1.43 bits per heavy atom. The number of nitrogens with one attached hydrogen (secondary N) is 1. The molecule has 0 aliphatic carbocycles. The second kappa shape index (κ2) is 6.94. The van der Waals surface area contributed by atoms with Gasteiger partial charge in [0.25, 0.3) is 0 Å². The zero-order chi connectivity index (χ0) is 15.3. The fraction of sp³-hybridized carbons (Fsp3) is 0.588. The fourth-order valence-electron chi connectivity index (χ4n) is 2.80. The number of para-hydroxylation sites is 1. The summed E-state index contributed by atoms with van der Waals surface area (Å²) in [6.45, 7) is 6.94. The average molecular weight is 291 g/mol. The van der Waals surface area contributed by atoms with E-state index in [1.807, 2.05) is 38.1 Å². The summed E-state index contributed by atoms with van der Waals surface area (Å²) in [5.74, 6) is -0.171. The van der Waals surface area contributed by atoms with Gasteiger partial charge in [0, 0.05) is 25.1 Å². The fourth-order valence-corrected chi connectivity index (χ4v) is 2.80. The first kappa shape index (κ1) is 15.8. The van der Waals surface area contributed by atoms with E-state index in [1.54, 1.807) is 0 Å². The molecule has 0 aromatic heterocycles. The van der Waals surface area contributed by atoms with E-state index in [0.29, 0.717) is 26.1 Å². The molecule has 1 aromatic rings. The van der Waals surface area contributed by atoms with E-state index in [0.717, 1.165) is 17.7 Å². The first-order valence-corrected chi connectivity index (χ1v) is 7.74. The zero-order valence-electron chi connectivity index (χ0n) is 13.1.